The summed E-state index contributed by atoms with van der Waals surface area (Å²) < 4.78 is 10.4. The van der Waals surface area contributed by atoms with Gasteiger partial charge in [0.15, 0.2) is 5.96 Å². The fraction of sp³-hybridized carbons (Fsp3) is 0.706. The molecule has 0 aliphatic carbocycles. The Morgan fingerprint density at radius 3 is 2.67 bits per heavy atom. The Labute approximate surface area is 144 Å². The number of carbonyl (C=O) groups is 1. The van der Waals surface area contributed by atoms with E-state index < -0.39 is 0 Å². The summed E-state index contributed by atoms with van der Waals surface area (Å²) in [6.07, 6.45) is 3.86. The van der Waals surface area contributed by atoms with Crippen LogP contribution in [0.1, 0.15) is 58.6 Å². The molecule has 0 saturated carbocycles. The highest BCUT2D eigenvalue weighted by Crippen LogP contribution is 2.22. The molecule has 136 valence electrons. The Morgan fingerprint density at radius 1 is 1.33 bits per heavy atom. The third-order valence-electron chi connectivity index (χ3n) is 3.34. The van der Waals surface area contributed by atoms with Crippen molar-refractivity contribution in [2.24, 2.45) is 4.99 Å². The minimum atomic E-state index is -0.172. The first kappa shape index (κ1) is 20.0. The number of aromatic nitrogens is 1. The first-order chi connectivity index (χ1) is 11.4. The average molecular weight is 338 g/mol. The first-order valence-corrected chi connectivity index (χ1v) is 8.41. The van der Waals surface area contributed by atoms with Crippen LogP contribution in [-0.2, 0) is 21.5 Å². The number of methoxy groups -OCH3 is 1. The van der Waals surface area contributed by atoms with Crippen LogP contribution < -0.4 is 10.6 Å². The van der Waals surface area contributed by atoms with Gasteiger partial charge in [-0.2, -0.15) is 0 Å². The van der Waals surface area contributed by atoms with E-state index in [2.05, 4.69) is 46.1 Å². The Bertz CT molecular complexity index is 532. The highest BCUT2D eigenvalue weighted by atomic mass is 16.5. The Kier molecular flexibility index (Phi) is 8.29. The lowest BCUT2D eigenvalue weighted by molar-refractivity contribution is -0.140. The van der Waals surface area contributed by atoms with Crippen LogP contribution in [0.25, 0.3) is 0 Å². The summed E-state index contributed by atoms with van der Waals surface area (Å²) in [5.74, 6) is 2.00. The SMILES string of the molecule is CCNC(=NCc1ncc(C(C)(C)C)o1)NCCCCC(=O)OC. The summed E-state index contributed by atoms with van der Waals surface area (Å²) in [5.41, 5.74) is -0.0582. The molecule has 1 rings (SSSR count). The number of nitrogens with zero attached hydrogens (tertiary/aromatic N) is 2. The van der Waals surface area contributed by atoms with E-state index in [9.17, 15) is 4.79 Å². The van der Waals surface area contributed by atoms with Crippen LogP contribution in [0, 0.1) is 0 Å². The van der Waals surface area contributed by atoms with Crippen molar-refractivity contribution < 1.29 is 13.9 Å². The maximum Gasteiger partial charge on any atom is 0.305 e. The van der Waals surface area contributed by atoms with E-state index in [4.69, 9.17) is 4.42 Å². The van der Waals surface area contributed by atoms with E-state index >= 15 is 0 Å². The van der Waals surface area contributed by atoms with Gasteiger partial charge in [-0.05, 0) is 19.8 Å². The van der Waals surface area contributed by atoms with Gasteiger partial charge in [-0.3, -0.25) is 4.79 Å². The van der Waals surface area contributed by atoms with E-state index in [-0.39, 0.29) is 11.4 Å². The molecule has 0 bridgehead atoms. The zero-order chi connectivity index (χ0) is 18.0. The fourth-order valence-electron chi connectivity index (χ4n) is 1.92. The second-order valence-electron chi connectivity index (χ2n) is 6.52. The predicted octanol–water partition coefficient (Wildman–Crippen LogP) is 2.37. The van der Waals surface area contributed by atoms with Gasteiger partial charge in [0, 0.05) is 24.9 Å². The molecular weight excluding hydrogens is 308 g/mol. The second kappa shape index (κ2) is 9.95. The van der Waals surface area contributed by atoms with Gasteiger partial charge in [0.2, 0.25) is 5.89 Å². The molecule has 0 unspecified atom stereocenters. The van der Waals surface area contributed by atoms with Crippen molar-refractivity contribution in [1.29, 1.82) is 0 Å². The molecule has 0 fully saturated rings. The summed E-state index contributed by atoms with van der Waals surface area (Å²) in [6.45, 7) is 10.2. The second-order valence-corrected chi connectivity index (χ2v) is 6.52. The molecule has 0 saturated heterocycles. The van der Waals surface area contributed by atoms with Crippen LogP contribution >= 0.6 is 0 Å². The minimum Gasteiger partial charge on any atom is -0.469 e. The lowest BCUT2D eigenvalue weighted by Gasteiger charge is -2.13. The van der Waals surface area contributed by atoms with Gasteiger partial charge < -0.3 is 19.8 Å². The van der Waals surface area contributed by atoms with Crippen molar-refractivity contribution in [3.05, 3.63) is 17.8 Å². The molecule has 0 spiro atoms. The van der Waals surface area contributed by atoms with Crippen molar-refractivity contribution in [1.82, 2.24) is 15.6 Å². The Morgan fingerprint density at radius 2 is 2.08 bits per heavy atom. The molecule has 1 heterocycles. The number of oxazole rings is 1. The monoisotopic (exact) mass is 338 g/mol. The van der Waals surface area contributed by atoms with E-state index in [1.807, 2.05) is 6.92 Å². The van der Waals surface area contributed by atoms with Crippen LogP contribution in [-0.4, -0.2) is 37.1 Å². The molecule has 0 amide bonds. The van der Waals surface area contributed by atoms with Gasteiger partial charge in [-0.25, -0.2) is 9.98 Å². The summed E-state index contributed by atoms with van der Waals surface area (Å²) in [4.78, 5) is 19.8. The highest BCUT2D eigenvalue weighted by molar-refractivity contribution is 5.79. The van der Waals surface area contributed by atoms with E-state index in [0.29, 0.717) is 24.8 Å². The average Bonchev–Trinajstić information content (AvgIpc) is 3.01. The van der Waals surface area contributed by atoms with Crippen LogP contribution in [0.5, 0.6) is 0 Å². The zero-order valence-electron chi connectivity index (χ0n) is 15.4. The lowest BCUT2D eigenvalue weighted by atomic mass is 9.94. The Balaban J connectivity index is 2.44. The molecule has 2 N–H and O–H groups in total. The van der Waals surface area contributed by atoms with Gasteiger partial charge in [0.05, 0.1) is 13.3 Å². The van der Waals surface area contributed by atoms with Gasteiger partial charge in [-0.15, -0.1) is 0 Å². The standard InChI is InChI=1S/C17H30N4O3/c1-6-18-16(19-10-8-7-9-15(22)23-5)21-12-14-20-11-13(24-14)17(2,3)4/h11H,6-10,12H2,1-5H3,(H2,18,19,21). The fourth-order valence-corrected chi connectivity index (χ4v) is 1.92. The molecule has 1 aromatic heterocycles. The topological polar surface area (TPSA) is 88.8 Å². The van der Waals surface area contributed by atoms with Gasteiger partial charge in [0.1, 0.15) is 12.3 Å². The van der Waals surface area contributed by atoms with Crippen molar-refractivity contribution in [2.45, 2.75) is 58.9 Å². The summed E-state index contributed by atoms with van der Waals surface area (Å²) in [6, 6.07) is 0. The number of esters is 1. The maximum absolute atomic E-state index is 11.0. The van der Waals surface area contributed by atoms with Gasteiger partial charge >= 0.3 is 5.97 Å². The summed E-state index contributed by atoms with van der Waals surface area (Å²) in [7, 11) is 1.41. The van der Waals surface area contributed by atoms with Crippen molar-refractivity contribution in [2.75, 3.05) is 20.2 Å². The first-order valence-electron chi connectivity index (χ1n) is 8.41. The number of guanidine groups is 1. The maximum atomic E-state index is 11.0. The quantitative estimate of drug-likeness (QED) is 0.327. The molecule has 1 aromatic rings. The molecular formula is C17H30N4O3. The predicted molar refractivity (Wildman–Crippen MR) is 93.9 cm³/mol. The van der Waals surface area contributed by atoms with E-state index in [0.717, 1.165) is 31.7 Å². The van der Waals surface area contributed by atoms with Crippen LogP contribution in [0.3, 0.4) is 0 Å². The van der Waals surface area contributed by atoms with Crippen molar-refractivity contribution in [3.8, 4) is 0 Å². The smallest absolute Gasteiger partial charge is 0.305 e. The van der Waals surface area contributed by atoms with Crippen LogP contribution in [0.2, 0.25) is 0 Å². The molecule has 0 aromatic carbocycles. The molecule has 0 aliphatic heterocycles. The Hall–Kier alpha value is -2.05. The van der Waals surface area contributed by atoms with Gasteiger partial charge in [-0.1, -0.05) is 20.8 Å². The number of aliphatic imine (C=N–C) groups is 1. The third-order valence-corrected chi connectivity index (χ3v) is 3.34. The summed E-state index contributed by atoms with van der Waals surface area (Å²) in [5, 5.41) is 6.42. The van der Waals surface area contributed by atoms with E-state index in [1.165, 1.54) is 7.11 Å². The number of rotatable bonds is 8. The van der Waals surface area contributed by atoms with Crippen LogP contribution in [0.15, 0.2) is 15.6 Å². The van der Waals surface area contributed by atoms with Crippen molar-refractivity contribution in [3.63, 3.8) is 0 Å². The summed E-state index contributed by atoms with van der Waals surface area (Å²) >= 11 is 0. The zero-order valence-corrected chi connectivity index (χ0v) is 15.4. The highest BCUT2D eigenvalue weighted by Gasteiger charge is 2.18. The molecule has 7 heteroatoms. The van der Waals surface area contributed by atoms with E-state index in [1.54, 1.807) is 6.20 Å². The number of carbonyl (C=O) groups excluding carboxylic acids is 1. The lowest BCUT2D eigenvalue weighted by Crippen LogP contribution is -2.37. The molecule has 24 heavy (non-hydrogen) atoms. The third kappa shape index (κ3) is 7.48. The van der Waals surface area contributed by atoms with Crippen molar-refractivity contribution >= 4 is 11.9 Å². The van der Waals surface area contributed by atoms with Gasteiger partial charge in [0.25, 0.3) is 0 Å². The molecule has 0 atom stereocenters. The largest absolute Gasteiger partial charge is 0.469 e. The normalized spacial score (nSPS) is 12.1. The number of ether oxygens (including phenoxy) is 1. The number of hydrogen-bond acceptors (Lipinski definition) is 5. The number of hydrogen-bond donors (Lipinski definition) is 2. The van der Waals surface area contributed by atoms with Crippen LogP contribution in [0.4, 0.5) is 0 Å². The minimum absolute atomic E-state index is 0.0582. The number of nitrogens with one attached hydrogen (secondary N) is 2. The number of unbranched alkanes of at least 4 members (excludes halogenated alkanes) is 1. The molecule has 0 radical (unpaired) electrons. The molecule has 7 nitrogen and oxygen atoms in total. The molecule has 0 aliphatic rings.